The van der Waals surface area contributed by atoms with Crippen molar-refractivity contribution in [3.05, 3.63) is 47.8 Å². The Balaban J connectivity index is 1.62. The molecule has 0 radical (unpaired) electrons. The normalized spacial score (nSPS) is 19.4. The molecule has 9 heteroatoms. The van der Waals surface area contributed by atoms with Crippen molar-refractivity contribution >= 4 is 5.91 Å². The lowest BCUT2D eigenvalue weighted by atomic mass is 9.76. The van der Waals surface area contributed by atoms with Crippen LogP contribution in [0.25, 0.3) is 11.5 Å². The lowest BCUT2D eigenvalue weighted by Gasteiger charge is -2.40. The van der Waals surface area contributed by atoms with E-state index in [1.807, 2.05) is 24.0 Å². The summed E-state index contributed by atoms with van der Waals surface area (Å²) in [7, 11) is 1.67. The fourth-order valence-corrected chi connectivity index (χ4v) is 3.84. The van der Waals surface area contributed by atoms with Crippen molar-refractivity contribution < 1.29 is 14.1 Å². The summed E-state index contributed by atoms with van der Waals surface area (Å²) in [5.74, 6) is 0.937. The number of nitrogens with zero attached hydrogens (tertiary/aromatic N) is 5. The molecule has 4 rings (SSSR count). The summed E-state index contributed by atoms with van der Waals surface area (Å²) in [6, 6.07) is 5.47. The fourth-order valence-electron chi connectivity index (χ4n) is 3.84. The Morgan fingerprint density at radius 1 is 1.45 bits per heavy atom. The zero-order valence-electron chi connectivity index (χ0n) is 16.6. The van der Waals surface area contributed by atoms with Gasteiger partial charge in [0.1, 0.15) is 5.69 Å². The summed E-state index contributed by atoms with van der Waals surface area (Å²) >= 11 is 0. The Bertz CT molecular complexity index is 970. The summed E-state index contributed by atoms with van der Waals surface area (Å²) in [4.78, 5) is 23.6. The molecule has 3 aromatic rings. The van der Waals surface area contributed by atoms with E-state index in [2.05, 4.69) is 25.3 Å². The van der Waals surface area contributed by atoms with Gasteiger partial charge in [0.15, 0.2) is 5.82 Å². The Kier molecular flexibility index (Phi) is 5.39. The van der Waals surface area contributed by atoms with Gasteiger partial charge in [0.25, 0.3) is 11.8 Å². The Morgan fingerprint density at radius 3 is 3.07 bits per heavy atom. The quantitative estimate of drug-likeness (QED) is 0.681. The summed E-state index contributed by atoms with van der Waals surface area (Å²) in [5, 5.41) is 11.2. The van der Waals surface area contributed by atoms with Crippen molar-refractivity contribution in [2.75, 3.05) is 26.8 Å². The minimum Gasteiger partial charge on any atom is -0.385 e. The molecule has 1 fully saturated rings. The zero-order chi connectivity index (χ0) is 20.3. The molecule has 0 saturated carbocycles. The highest BCUT2D eigenvalue weighted by Gasteiger charge is 2.42. The average molecular weight is 396 g/mol. The predicted molar refractivity (Wildman–Crippen MR) is 104 cm³/mol. The molecule has 1 saturated heterocycles. The first-order valence-electron chi connectivity index (χ1n) is 9.66. The Labute approximate surface area is 168 Å². The third-order valence-corrected chi connectivity index (χ3v) is 5.38. The highest BCUT2D eigenvalue weighted by atomic mass is 16.5. The van der Waals surface area contributed by atoms with Crippen molar-refractivity contribution in [1.82, 2.24) is 30.2 Å². The first kappa shape index (κ1) is 19.3. The van der Waals surface area contributed by atoms with Gasteiger partial charge in [-0.05, 0) is 44.4 Å². The molecule has 3 aromatic heterocycles. The van der Waals surface area contributed by atoms with Crippen LogP contribution in [0.2, 0.25) is 0 Å². The van der Waals surface area contributed by atoms with E-state index in [0.717, 1.165) is 24.1 Å². The van der Waals surface area contributed by atoms with Gasteiger partial charge in [-0.25, -0.2) is 0 Å². The predicted octanol–water partition coefficient (Wildman–Crippen LogP) is 2.37. The molecular formula is C20H24N6O3. The number of aryl methyl sites for hydroxylation is 1. The van der Waals surface area contributed by atoms with E-state index in [-0.39, 0.29) is 5.91 Å². The van der Waals surface area contributed by atoms with E-state index in [1.165, 1.54) is 0 Å². The van der Waals surface area contributed by atoms with Gasteiger partial charge in [-0.1, -0.05) is 5.16 Å². The van der Waals surface area contributed by atoms with E-state index < -0.39 is 5.41 Å². The molecule has 0 bridgehead atoms. The minimum absolute atomic E-state index is 0.0909. The number of aromatic amines is 1. The number of piperidine rings is 1. The lowest BCUT2D eigenvalue weighted by Crippen LogP contribution is -2.49. The number of hydrogen-bond donors (Lipinski definition) is 1. The molecule has 152 valence electrons. The molecule has 9 nitrogen and oxygen atoms in total. The molecule has 0 aliphatic carbocycles. The number of hydrogen-bond acceptors (Lipinski definition) is 7. The molecule has 1 unspecified atom stereocenters. The maximum absolute atomic E-state index is 13.0. The van der Waals surface area contributed by atoms with Gasteiger partial charge in [0, 0.05) is 44.9 Å². The van der Waals surface area contributed by atoms with Gasteiger partial charge < -0.3 is 14.2 Å². The number of amides is 1. The molecule has 1 amide bonds. The molecule has 29 heavy (non-hydrogen) atoms. The second-order valence-electron chi connectivity index (χ2n) is 7.45. The smallest absolute Gasteiger partial charge is 0.274 e. The van der Waals surface area contributed by atoms with Gasteiger partial charge in [0.2, 0.25) is 0 Å². The average Bonchev–Trinajstić information content (AvgIpc) is 3.42. The summed E-state index contributed by atoms with van der Waals surface area (Å²) in [6.45, 7) is 3.59. The van der Waals surface area contributed by atoms with Gasteiger partial charge in [0.05, 0.1) is 11.0 Å². The first-order valence-corrected chi connectivity index (χ1v) is 9.66. The highest BCUT2D eigenvalue weighted by molar-refractivity contribution is 5.92. The van der Waals surface area contributed by atoms with Crippen LogP contribution in [-0.2, 0) is 10.2 Å². The van der Waals surface area contributed by atoms with Crippen molar-refractivity contribution in [2.24, 2.45) is 0 Å². The van der Waals surface area contributed by atoms with Crippen LogP contribution in [0, 0.1) is 6.92 Å². The lowest BCUT2D eigenvalue weighted by molar-refractivity contribution is 0.0561. The number of H-pyrrole nitrogens is 1. The van der Waals surface area contributed by atoms with Gasteiger partial charge in [-0.15, -0.1) is 0 Å². The topological polar surface area (TPSA) is 110 Å². The van der Waals surface area contributed by atoms with Gasteiger partial charge in [-0.3, -0.25) is 14.9 Å². The number of methoxy groups -OCH3 is 1. The van der Waals surface area contributed by atoms with E-state index >= 15 is 0 Å². The third-order valence-electron chi connectivity index (χ3n) is 5.38. The third kappa shape index (κ3) is 3.91. The molecule has 1 aliphatic rings. The van der Waals surface area contributed by atoms with Crippen LogP contribution in [0.3, 0.4) is 0 Å². The fraction of sp³-hybridized carbons (Fsp3) is 0.450. The van der Waals surface area contributed by atoms with Crippen molar-refractivity contribution in [3.63, 3.8) is 0 Å². The molecule has 1 N–H and O–H groups in total. The van der Waals surface area contributed by atoms with Crippen LogP contribution in [0.15, 0.2) is 35.1 Å². The van der Waals surface area contributed by atoms with Crippen LogP contribution in [0.1, 0.15) is 41.3 Å². The number of aromatic nitrogens is 5. The molecule has 0 aromatic carbocycles. The number of likely N-dealkylation sites (tertiary alicyclic amines) is 1. The van der Waals surface area contributed by atoms with Crippen LogP contribution in [-0.4, -0.2) is 62.9 Å². The first-order chi connectivity index (χ1) is 14.1. The van der Waals surface area contributed by atoms with Gasteiger partial charge in [-0.2, -0.15) is 10.1 Å². The number of nitrogens with one attached hydrogen (secondary N) is 1. The minimum atomic E-state index is -0.431. The van der Waals surface area contributed by atoms with Crippen LogP contribution < -0.4 is 0 Å². The number of pyridine rings is 1. The van der Waals surface area contributed by atoms with Crippen LogP contribution in [0.4, 0.5) is 0 Å². The molecular weight excluding hydrogens is 372 g/mol. The van der Waals surface area contributed by atoms with E-state index in [1.54, 1.807) is 25.6 Å². The van der Waals surface area contributed by atoms with E-state index in [9.17, 15) is 4.79 Å². The second kappa shape index (κ2) is 8.12. The second-order valence-corrected chi connectivity index (χ2v) is 7.45. The Morgan fingerprint density at radius 2 is 2.34 bits per heavy atom. The summed E-state index contributed by atoms with van der Waals surface area (Å²) < 4.78 is 10.9. The maximum Gasteiger partial charge on any atom is 0.274 e. The van der Waals surface area contributed by atoms with Crippen LogP contribution in [0.5, 0.6) is 0 Å². The summed E-state index contributed by atoms with van der Waals surface area (Å²) in [5.41, 5.74) is 1.62. The van der Waals surface area contributed by atoms with Crippen molar-refractivity contribution in [1.29, 1.82) is 0 Å². The number of carbonyl (C=O) groups is 1. The van der Waals surface area contributed by atoms with Crippen LogP contribution >= 0.6 is 0 Å². The maximum atomic E-state index is 13.0. The van der Waals surface area contributed by atoms with Crippen molar-refractivity contribution in [3.8, 4) is 11.5 Å². The number of ether oxygens (including phenoxy) is 1. The SMILES string of the molecule is COCCC1(c2noc(-c3cccnc3)n2)CCCN(C(=O)c2cc(C)[nH]n2)C1. The molecule has 1 atom stereocenters. The van der Waals surface area contributed by atoms with E-state index in [4.69, 9.17) is 9.26 Å². The van der Waals surface area contributed by atoms with E-state index in [0.29, 0.717) is 43.5 Å². The number of rotatable bonds is 6. The molecule has 1 aliphatic heterocycles. The summed E-state index contributed by atoms with van der Waals surface area (Å²) in [6.07, 6.45) is 5.78. The molecule has 4 heterocycles. The monoisotopic (exact) mass is 396 g/mol. The molecule has 0 spiro atoms. The van der Waals surface area contributed by atoms with Gasteiger partial charge >= 0.3 is 0 Å². The van der Waals surface area contributed by atoms with Crippen molar-refractivity contribution in [2.45, 2.75) is 31.6 Å². The Hall–Kier alpha value is -3.07. The number of carbonyl (C=O) groups excluding carboxylic acids is 1. The largest absolute Gasteiger partial charge is 0.385 e. The zero-order valence-corrected chi connectivity index (χ0v) is 16.6. The standard InChI is InChI=1S/C20H24N6O3/c1-14-11-16(24-23-14)18(27)26-9-4-6-20(13-26,7-10-28-2)19-22-17(29-25-19)15-5-3-8-21-12-15/h3,5,8,11-12H,4,6-7,9-10,13H2,1-2H3,(H,23,24). The highest BCUT2D eigenvalue weighted by Crippen LogP contribution is 2.37.